The minimum absolute atomic E-state index is 0.348. The molecule has 0 bridgehead atoms. The van der Waals surface area contributed by atoms with Gasteiger partial charge in [0, 0.05) is 54.1 Å². The van der Waals surface area contributed by atoms with Crippen LogP contribution in [-0.2, 0) is 0 Å². The molecule has 0 aliphatic heterocycles. The second-order valence-corrected chi connectivity index (χ2v) is 10.2. The molecular weight excluding hydrogens is 462 g/mol. The minimum atomic E-state index is 0.348. The number of nitrogens with zero attached hydrogens (tertiary/aromatic N) is 1. The average Bonchev–Trinajstić information content (AvgIpc) is 3.36. The van der Waals surface area contributed by atoms with Crippen molar-refractivity contribution in [3.63, 3.8) is 0 Å². The van der Waals surface area contributed by atoms with Gasteiger partial charge < -0.3 is 4.57 Å². The minimum Gasteiger partial charge on any atom is -0.311 e. The van der Waals surface area contributed by atoms with Gasteiger partial charge in [0.1, 0.15) is 0 Å². The number of hydrogen-bond donors (Lipinski definition) is 0. The summed E-state index contributed by atoms with van der Waals surface area (Å²) in [6.07, 6.45) is 13.8. The van der Waals surface area contributed by atoms with Crippen molar-refractivity contribution in [2.24, 2.45) is 5.92 Å². The average molecular weight is 480 g/mol. The van der Waals surface area contributed by atoms with Crippen molar-refractivity contribution in [1.82, 2.24) is 4.57 Å². The summed E-state index contributed by atoms with van der Waals surface area (Å²) in [5, 5.41) is 3.96. The maximum Gasteiger partial charge on any atom is 0.0717 e. The number of hydrogen-bond acceptors (Lipinski definition) is 1. The summed E-state index contributed by atoms with van der Waals surface area (Å²) in [4.78, 5) is 0. The van der Waals surface area contributed by atoms with Crippen molar-refractivity contribution in [1.29, 1.82) is 0 Å². The van der Waals surface area contributed by atoms with Gasteiger partial charge in [-0.25, -0.2) is 0 Å². The van der Waals surface area contributed by atoms with Crippen LogP contribution in [0, 0.1) is 5.92 Å². The van der Waals surface area contributed by atoms with E-state index in [1.165, 1.54) is 52.5 Å². The number of fused-ring (bicyclic) bond motifs is 9. The van der Waals surface area contributed by atoms with E-state index < -0.39 is 0 Å². The number of para-hydroxylation sites is 1. The van der Waals surface area contributed by atoms with E-state index in [0.717, 1.165) is 0 Å². The first kappa shape index (κ1) is 17.8. The Bertz CT molecular complexity index is 1600. The van der Waals surface area contributed by atoms with Crippen molar-refractivity contribution in [2.45, 2.75) is 5.92 Å². The number of thiophene rings is 1. The van der Waals surface area contributed by atoms with Gasteiger partial charge in [-0.15, -0.1) is 11.3 Å². The van der Waals surface area contributed by atoms with Gasteiger partial charge in [0.2, 0.25) is 0 Å². The molecule has 7 rings (SSSR count). The van der Waals surface area contributed by atoms with E-state index in [1.807, 2.05) is 11.3 Å². The summed E-state index contributed by atoms with van der Waals surface area (Å²) in [5.74, 6) is 0.756. The first-order chi connectivity index (χ1) is 15.3. The molecule has 0 fully saturated rings. The highest BCUT2D eigenvalue weighted by molar-refractivity contribution is 9.10. The van der Waals surface area contributed by atoms with Crippen molar-refractivity contribution in [3.8, 4) is 5.69 Å². The smallest absolute Gasteiger partial charge is 0.0717 e. The van der Waals surface area contributed by atoms with E-state index in [9.17, 15) is 0 Å². The number of allylic oxidation sites excluding steroid dienone is 5. The molecule has 3 aromatic carbocycles. The standard InChI is InChI=1S/C28H18BrNS/c29-23-16-22-20-15-14-17-8-4-5-11-19(17)26(20)30(18-9-2-1-3-10-18)27(22)28-25(23)21-12-6-7-13-24(21)31-28/h1-17,19H. The summed E-state index contributed by atoms with van der Waals surface area (Å²) in [7, 11) is 0. The van der Waals surface area contributed by atoms with E-state index >= 15 is 0 Å². The molecule has 2 aliphatic carbocycles. The third-order valence-electron chi connectivity index (χ3n) is 6.60. The monoisotopic (exact) mass is 479 g/mol. The predicted molar refractivity (Wildman–Crippen MR) is 137 cm³/mol. The Kier molecular flexibility index (Phi) is 3.76. The van der Waals surface area contributed by atoms with Crippen LogP contribution in [-0.4, -0.2) is 4.57 Å². The molecule has 31 heavy (non-hydrogen) atoms. The lowest BCUT2D eigenvalue weighted by atomic mass is 9.80. The van der Waals surface area contributed by atoms with Crippen LogP contribution in [0.15, 0.2) is 95.5 Å². The van der Waals surface area contributed by atoms with Crippen LogP contribution in [0.4, 0.5) is 0 Å². The Morgan fingerprint density at radius 1 is 0.839 bits per heavy atom. The molecular formula is C28H18BrNS. The van der Waals surface area contributed by atoms with Gasteiger partial charge in [-0.3, -0.25) is 0 Å². The molecule has 0 saturated heterocycles. The first-order valence-corrected chi connectivity index (χ1v) is 12.2. The van der Waals surface area contributed by atoms with Crippen molar-refractivity contribution >= 4 is 64.4 Å². The first-order valence-electron chi connectivity index (χ1n) is 10.6. The molecule has 5 aromatic rings. The van der Waals surface area contributed by atoms with E-state index in [0.29, 0.717) is 11.8 Å². The maximum absolute atomic E-state index is 3.93. The second-order valence-electron chi connectivity index (χ2n) is 8.26. The van der Waals surface area contributed by atoms with Crippen molar-refractivity contribution in [3.05, 3.63) is 107 Å². The lowest BCUT2D eigenvalue weighted by Crippen LogP contribution is -2.16. The van der Waals surface area contributed by atoms with Gasteiger partial charge in [0.15, 0.2) is 0 Å². The number of aromatic nitrogens is 1. The van der Waals surface area contributed by atoms with Crippen LogP contribution in [0.2, 0.25) is 0 Å². The van der Waals surface area contributed by atoms with Crippen molar-refractivity contribution in [2.75, 3.05) is 0 Å². The molecule has 0 spiro atoms. The highest BCUT2D eigenvalue weighted by Crippen LogP contribution is 2.49. The van der Waals surface area contributed by atoms with Crippen LogP contribution < -0.4 is 0 Å². The fourth-order valence-corrected chi connectivity index (χ4v) is 7.32. The lowest BCUT2D eigenvalue weighted by molar-refractivity contribution is 0.661. The third kappa shape index (κ3) is 2.42. The fraction of sp³-hybridized carbons (Fsp3) is 0.0714. The van der Waals surface area contributed by atoms with Crippen LogP contribution in [0.3, 0.4) is 0 Å². The molecule has 0 amide bonds. The highest BCUT2D eigenvalue weighted by Gasteiger charge is 2.31. The zero-order chi connectivity index (χ0) is 20.5. The van der Waals surface area contributed by atoms with Crippen LogP contribution in [0.5, 0.6) is 0 Å². The van der Waals surface area contributed by atoms with Gasteiger partial charge in [-0.05, 0) is 24.3 Å². The van der Waals surface area contributed by atoms with Gasteiger partial charge in [-0.1, -0.05) is 88.8 Å². The number of halogens is 1. The molecule has 0 N–H and O–H groups in total. The van der Waals surface area contributed by atoms with Gasteiger partial charge in [0.05, 0.1) is 10.2 Å². The molecule has 2 unspecified atom stereocenters. The van der Waals surface area contributed by atoms with Gasteiger partial charge in [-0.2, -0.15) is 0 Å². The summed E-state index contributed by atoms with van der Waals surface area (Å²) in [6, 6.07) is 21.9. The van der Waals surface area contributed by atoms with E-state index in [1.54, 1.807) is 0 Å². The topological polar surface area (TPSA) is 4.93 Å². The van der Waals surface area contributed by atoms with E-state index in [4.69, 9.17) is 0 Å². The van der Waals surface area contributed by atoms with E-state index in [-0.39, 0.29) is 0 Å². The summed E-state index contributed by atoms with van der Waals surface area (Å²) >= 11 is 5.83. The molecule has 148 valence electrons. The third-order valence-corrected chi connectivity index (χ3v) is 8.40. The lowest BCUT2D eigenvalue weighted by Gasteiger charge is -2.27. The Labute approximate surface area is 192 Å². The zero-order valence-electron chi connectivity index (χ0n) is 16.6. The normalized spacial score (nSPS) is 19.4. The number of rotatable bonds is 1. The summed E-state index contributed by atoms with van der Waals surface area (Å²) < 4.78 is 6.39. The Hall–Kier alpha value is -2.88. The van der Waals surface area contributed by atoms with E-state index in [2.05, 4.69) is 118 Å². The molecule has 0 saturated carbocycles. The SMILES string of the molecule is Brc1cc2c3c(n(-c4ccccc4)c2c2sc4ccccc4c12)C1C=CC=CC1C=C3. The molecule has 2 atom stereocenters. The molecule has 2 aliphatic rings. The summed E-state index contributed by atoms with van der Waals surface area (Å²) in [5.41, 5.74) is 5.29. The fourth-order valence-electron chi connectivity index (χ4n) is 5.28. The Morgan fingerprint density at radius 2 is 1.65 bits per heavy atom. The molecule has 3 heteroatoms. The second kappa shape index (κ2) is 6.56. The van der Waals surface area contributed by atoms with Gasteiger partial charge >= 0.3 is 0 Å². The molecule has 0 radical (unpaired) electrons. The quantitative estimate of drug-likeness (QED) is 0.226. The Morgan fingerprint density at radius 3 is 2.55 bits per heavy atom. The summed E-state index contributed by atoms with van der Waals surface area (Å²) in [6.45, 7) is 0. The highest BCUT2D eigenvalue weighted by atomic mass is 79.9. The van der Waals surface area contributed by atoms with Crippen LogP contribution in [0.25, 0.3) is 42.8 Å². The van der Waals surface area contributed by atoms with Crippen molar-refractivity contribution < 1.29 is 0 Å². The predicted octanol–water partition coefficient (Wildman–Crippen LogP) is 8.61. The number of benzene rings is 3. The largest absolute Gasteiger partial charge is 0.311 e. The maximum atomic E-state index is 3.93. The van der Waals surface area contributed by atoms with Gasteiger partial charge in [0.25, 0.3) is 0 Å². The van der Waals surface area contributed by atoms with Crippen LogP contribution >= 0.6 is 27.3 Å². The molecule has 1 nitrogen and oxygen atoms in total. The Balaban J connectivity index is 1.72. The zero-order valence-corrected chi connectivity index (χ0v) is 19.0. The molecule has 2 aromatic heterocycles. The molecule has 2 heterocycles. The van der Waals surface area contributed by atoms with Crippen LogP contribution in [0.1, 0.15) is 17.2 Å².